The summed E-state index contributed by atoms with van der Waals surface area (Å²) < 4.78 is 26.6. The van der Waals surface area contributed by atoms with Crippen LogP contribution in [0.1, 0.15) is 33.1 Å². The second-order valence-electron chi connectivity index (χ2n) is 6.04. The van der Waals surface area contributed by atoms with Crippen LogP contribution in [0.5, 0.6) is 0 Å². The molecule has 0 amide bonds. The minimum atomic E-state index is -3.41. The first-order valence-electron chi connectivity index (χ1n) is 7.50. The van der Waals surface area contributed by atoms with Gasteiger partial charge in [-0.05, 0) is 56.9 Å². The van der Waals surface area contributed by atoms with Crippen molar-refractivity contribution in [2.45, 2.75) is 50.1 Å². The van der Waals surface area contributed by atoms with E-state index in [1.54, 1.807) is 38.1 Å². The van der Waals surface area contributed by atoms with Crippen molar-refractivity contribution >= 4 is 15.7 Å². The fourth-order valence-electron chi connectivity index (χ4n) is 2.70. The lowest BCUT2D eigenvalue weighted by Crippen LogP contribution is -2.30. The minimum Gasteiger partial charge on any atom is -0.385 e. The third-order valence-corrected chi connectivity index (χ3v) is 5.52. The molecule has 2 atom stereocenters. The molecular weight excluding hydrogens is 286 g/mol. The maximum absolute atomic E-state index is 12.0. The SMILES string of the molecule is CC(C)NS(=O)(=O)c1ccc(NCC2CCCC2N)cc1. The lowest BCUT2D eigenvalue weighted by atomic mass is 10.0. The summed E-state index contributed by atoms with van der Waals surface area (Å²) >= 11 is 0. The molecule has 1 aliphatic rings. The number of nitrogens with two attached hydrogens (primary N) is 1. The summed E-state index contributed by atoms with van der Waals surface area (Å²) in [6, 6.07) is 7.03. The molecule has 1 aliphatic carbocycles. The van der Waals surface area contributed by atoms with Gasteiger partial charge in [-0.2, -0.15) is 0 Å². The van der Waals surface area contributed by atoms with Gasteiger partial charge in [-0.1, -0.05) is 6.42 Å². The van der Waals surface area contributed by atoms with Crippen LogP contribution in [0.15, 0.2) is 29.2 Å². The molecule has 1 fully saturated rings. The normalized spacial score (nSPS) is 22.7. The maximum Gasteiger partial charge on any atom is 0.240 e. The van der Waals surface area contributed by atoms with Gasteiger partial charge in [-0.3, -0.25) is 0 Å². The summed E-state index contributed by atoms with van der Waals surface area (Å²) in [4.78, 5) is 0.291. The van der Waals surface area contributed by atoms with Crippen LogP contribution in [0.3, 0.4) is 0 Å². The van der Waals surface area contributed by atoms with E-state index in [2.05, 4.69) is 10.0 Å². The predicted molar refractivity (Wildman–Crippen MR) is 85.7 cm³/mol. The monoisotopic (exact) mass is 311 g/mol. The van der Waals surface area contributed by atoms with Crippen LogP contribution < -0.4 is 15.8 Å². The van der Waals surface area contributed by atoms with Crippen molar-refractivity contribution in [1.29, 1.82) is 0 Å². The van der Waals surface area contributed by atoms with Crippen LogP contribution in [0.2, 0.25) is 0 Å². The lowest BCUT2D eigenvalue weighted by molar-refractivity contribution is 0.505. The zero-order chi connectivity index (χ0) is 15.5. The highest BCUT2D eigenvalue weighted by Gasteiger charge is 2.23. The molecule has 5 nitrogen and oxygen atoms in total. The molecule has 6 heteroatoms. The standard InChI is InChI=1S/C15H25N3O2S/c1-11(2)18-21(19,20)14-8-6-13(7-9-14)17-10-12-4-3-5-15(12)16/h6-9,11-12,15,17-18H,3-5,10,16H2,1-2H3. The van der Waals surface area contributed by atoms with Gasteiger partial charge in [-0.25, -0.2) is 13.1 Å². The Morgan fingerprint density at radius 2 is 1.90 bits per heavy atom. The molecular formula is C15H25N3O2S. The van der Waals surface area contributed by atoms with E-state index in [-0.39, 0.29) is 12.1 Å². The number of rotatable bonds is 6. The van der Waals surface area contributed by atoms with Crippen LogP contribution in [0.4, 0.5) is 5.69 Å². The quantitative estimate of drug-likeness (QED) is 0.749. The van der Waals surface area contributed by atoms with E-state index in [1.807, 2.05) is 0 Å². The van der Waals surface area contributed by atoms with Crippen molar-refractivity contribution in [3.05, 3.63) is 24.3 Å². The molecule has 0 aromatic heterocycles. The third-order valence-electron chi connectivity index (χ3n) is 3.84. The van der Waals surface area contributed by atoms with Gasteiger partial charge >= 0.3 is 0 Å². The summed E-state index contributed by atoms with van der Waals surface area (Å²) in [5.41, 5.74) is 6.97. The lowest BCUT2D eigenvalue weighted by Gasteiger charge is -2.17. The second kappa shape index (κ2) is 6.77. The Balaban J connectivity index is 1.96. The smallest absolute Gasteiger partial charge is 0.240 e. The molecule has 1 aromatic carbocycles. The molecule has 0 saturated heterocycles. The Kier molecular flexibility index (Phi) is 5.24. The van der Waals surface area contributed by atoms with Crippen LogP contribution in [-0.2, 0) is 10.0 Å². The summed E-state index contributed by atoms with van der Waals surface area (Å²) in [7, 11) is -3.41. The van der Waals surface area contributed by atoms with Gasteiger partial charge in [0.15, 0.2) is 0 Å². The third kappa shape index (κ3) is 4.43. The number of sulfonamides is 1. The second-order valence-corrected chi connectivity index (χ2v) is 7.75. The molecule has 0 bridgehead atoms. The van der Waals surface area contributed by atoms with E-state index in [9.17, 15) is 8.42 Å². The van der Waals surface area contributed by atoms with E-state index >= 15 is 0 Å². The Morgan fingerprint density at radius 3 is 2.43 bits per heavy atom. The summed E-state index contributed by atoms with van der Waals surface area (Å²) in [6.07, 6.45) is 3.47. The van der Waals surface area contributed by atoms with Gasteiger partial charge in [0.05, 0.1) is 4.90 Å². The highest BCUT2D eigenvalue weighted by Crippen LogP contribution is 2.24. The molecule has 1 aromatic rings. The Labute approximate surface area is 127 Å². The largest absolute Gasteiger partial charge is 0.385 e. The number of nitrogens with one attached hydrogen (secondary N) is 2. The predicted octanol–water partition coefficient (Wildman–Crippen LogP) is 1.91. The minimum absolute atomic E-state index is 0.114. The number of anilines is 1. The highest BCUT2D eigenvalue weighted by atomic mass is 32.2. The molecule has 2 rings (SSSR count). The Hall–Kier alpha value is -1.11. The molecule has 0 heterocycles. The molecule has 0 radical (unpaired) electrons. The summed E-state index contributed by atoms with van der Waals surface area (Å²) in [5, 5.41) is 3.34. The Bertz CT molecular complexity index is 555. The zero-order valence-electron chi connectivity index (χ0n) is 12.7. The van der Waals surface area contributed by atoms with Crippen LogP contribution in [-0.4, -0.2) is 27.0 Å². The van der Waals surface area contributed by atoms with E-state index < -0.39 is 10.0 Å². The van der Waals surface area contributed by atoms with Gasteiger partial charge in [0.1, 0.15) is 0 Å². The van der Waals surface area contributed by atoms with Gasteiger partial charge in [-0.15, -0.1) is 0 Å². The van der Waals surface area contributed by atoms with E-state index in [4.69, 9.17) is 5.73 Å². The van der Waals surface area contributed by atoms with Crippen molar-refractivity contribution in [2.75, 3.05) is 11.9 Å². The summed E-state index contributed by atoms with van der Waals surface area (Å²) in [5.74, 6) is 0.510. The molecule has 21 heavy (non-hydrogen) atoms. The van der Waals surface area contributed by atoms with Crippen molar-refractivity contribution in [2.24, 2.45) is 11.7 Å². The van der Waals surface area contributed by atoms with Crippen molar-refractivity contribution in [3.8, 4) is 0 Å². The first-order valence-corrected chi connectivity index (χ1v) is 8.98. The van der Waals surface area contributed by atoms with Crippen molar-refractivity contribution in [3.63, 3.8) is 0 Å². The molecule has 4 N–H and O–H groups in total. The van der Waals surface area contributed by atoms with Gasteiger partial charge in [0.2, 0.25) is 10.0 Å². The average Bonchev–Trinajstić information content (AvgIpc) is 2.81. The highest BCUT2D eigenvalue weighted by molar-refractivity contribution is 7.89. The van der Waals surface area contributed by atoms with Crippen LogP contribution in [0.25, 0.3) is 0 Å². The summed E-state index contributed by atoms with van der Waals surface area (Å²) in [6.45, 7) is 4.45. The molecule has 0 aliphatic heterocycles. The molecule has 118 valence electrons. The van der Waals surface area contributed by atoms with Gasteiger partial charge in [0, 0.05) is 24.3 Å². The van der Waals surface area contributed by atoms with Crippen molar-refractivity contribution < 1.29 is 8.42 Å². The molecule has 1 saturated carbocycles. The van der Waals surface area contributed by atoms with E-state index in [0.717, 1.165) is 18.7 Å². The average molecular weight is 311 g/mol. The first kappa shape index (κ1) is 16.3. The number of hydrogen-bond donors (Lipinski definition) is 3. The van der Waals surface area contributed by atoms with E-state index in [1.165, 1.54) is 12.8 Å². The number of hydrogen-bond acceptors (Lipinski definition) is 4. The van der Waals surface area contributed by atoms with Crippen LogP contribution in [0, 0.1) is 5.92 Å². The Morgan fingerprint density at radius 1 is 1.24 bits per heavy atom. The maximum atomic E-state index is 12.0. The molecule has 0 spiro atoms. The van der Waals surface area contributed by atoms with E-state index in [0.29, 0.717) is 10.8 Å². The number of benzene rings is 1. The molecule has 2 unspecified atom stereocenters. The fourth-order valence-corrected chi connectivity index (χ4v) is 3.95. The first-order chi connectivity index (χ1) is 9.88. The topological polar surface area (TPSA) is 84.2 Å². The van der Waals surface area contributed by atoms with Crippen molar-refractivity contribution in [1.82, 2.24) is 4.72 Å². The van der Waals surface area contributed by atoms with Gasteiger partial charge in [0.25, 0.3) is 0 Å². The van der Waals surface area contributed by atoms with Gasteiger partial charge < -0.3 is 11.1 Å². The zero-order valence-corrected chi connectivity index (χ0v) is 13.5. The van der Waals surface area contributed by atoms with Crippen LogP contribution >= 0.6 is 0 Å². The fraction of sp³-hybridized carbons (Fsp3) is 0.600.